The molecule has 0 radical (unpaired) electrons. The number of nitrogens with zero attached hydrogens (tertiary/aromatic N) is 1. The van der Waals surface area contributed by atoms with E-state index in [0.29, 0.717) is 12.1 Å². The average molecular weight is 313 g/mol. The van der Waals surface area contributed by atoms with Gasteiger partial charge in [0.1, 0.15) is 0 Å². The van der Waals surface area contributed by atoms with Crippen molar-refractivity contribution in [2.45, 2.75) is 26.5 Å². The molecule has 1 aromatic carbocycles. The number of hydrogen-bond acceptors (Lipinski definition) is 3. The van der Waals surface area contributed by atoms with Gasteiger partial charge >= 0.3 is 11.9 Å². The van der Waals surface area contributed by atoms with E-state index >= 15 is 0 Å². The highest BCUT2D eigenvalue weighted by atomic mass is 16.5. The van der Waals surface area contributed by atoms with Crippen LogP contribution in [0.1, 0.15) is 35.5 Å². The highest BCUT2D eigenvalue weighted by molar-refractivity contribution is 5.89. The first-order valence-corrected chi connectivity index (χ1v) is 7.32. The van der Waals surface area contributed by atoms with Gasteiger partial charge in [-0.1, -0.05) is 12.1 Å². The zero-order valence-electron chi connectivity index (χ0n) is 13.1. The molecular formula is C18H19NO4. The lowest BCUT2D eigenvalue weighted by Crippen LogP contribution is -2.11. The van der Waals surface area contributed by atoms with E-state index in [9.17, 15) is 9.59 Å². The number of rotatable bonds is 6. The summed E-state index contributed by atoms with van der Waals surface area (Å²) in [6.45, 7) is 4.21. The second-order valence-electron chi connectivity index (χ2n) is 5.38. The van der Waals surface area contributed by atoms with Crippen LogP contribution in [0.15, 0.2) is 48.7 Å². The third-order valence-electron chi connectivity index (χ3n) is 3.15. The van der Waals surface area contributed by atoms with Crippen LogP contribution in [-0.2, 0) is 16.1 Å². The number of aliphatic carboxylic acids is 1. The maximum absolute atomic E-state index is 11.8. The van der Waals surface area contributed by atoms with Crippen LogP contribution in [0.4, 0.5) is 0 Å². The van der Waals surface area contributed by atoms with Crippen LogP contribution in [0.3, 0.4) is 0 Å². The van der Waals surface area contributed by atoms with E-state index in [0.717, 1.165) is 17.3 Å². The summed E-state index contributed by atoms with van der Waals surface area (Å²) in [7, 11) is 0. The van der Waals surface area contributed by atoms with Crippen LogP contribution in [-0.4, -0.2) is 27.7 Å². The zero-order valence-corrected chi connectivity index (χ0v) is 13.1. The molecule has 0 spiro atoms. The largest absolute Gasteiger partial charge is 0.478 e. The van der Waals surface area contributed by atoms with E-state index in [4.69, 9.17) is 9.84 Å². The molecule has 0 atom stereocenters. The van der Waals surface area contributed by atoms with Gasteiger partial charge in [-0.05, 0) is 49.8 Å². The van der Waals surface area contributed by atoms with Crippen LogP contribution >= 0.6 is 0 Å². The Kier molecular flexibility index (Phi) is 5.36. The highest BCUT2D eigenvalue weighted by Crippen LogP contribution is 2.12. The predicted octanol–water partition coefficient (Wildman–Crippen LogP) is 3.20. The van der Waals surface area contributed by atoms with E-state index < -0.39 is 5.97 Å². The normalized spacial score (nSPS) is 11.1. The number of carboxylic acids is 1. The maximum atomic E-state index is 11.8. The molecule has 2 rings (SSSR count). The van der Waals surface area contributed by atoms with Crippen molar-refractivity contribution in [2.75, 3.05) is 0 Å². The molecule has 0 fully saturated rings. The standard InChI is InChI=1S/C18H19NO4/c1-13(2)23-18(22)15-7-5-14(6-8-15)12-19-11-3-4-16(19)9-10-17(20)21/h3-11,13H,12H2,1-2H3,(H,20,21)/b10-9+. The van der Waals surface area contributed by atoms with Gasteiger partial charge in [0.25, 0.3) is 0 Å². The van der Waals surface area contributed by atoms with Crippen LogP contribution in [0.5, 0.6) is 0 Å². The Labute approximate surface area is 134 Å². The van der Waals surface area contributed by atoms with Gasteiger partial charge in [-0.25, -0.2) is 9.59 Å². The van der Waals surface area contributed by atoms with Crippen molar-refractivity contribution in [3.63, 3.8) is 0 Å². The van der Waals surface area contributed by atoms with E-state index in [-0.39, 0.29) is 12.1 Å². The molecule has 23 heavy (non-hydrogen) atoms. The lowest BCUT2D eigenvalue weighted by molar-refractivity contribution is -0.131. The molecule has 0 aliphatic heterocycles. The lowest BCUT2D eigenvalue weighted by Gasteiger charge is -2.09. The van der Waals surface area contributed by atoms with Gasteiger partial charge in [0.15, 0.2) is 0 Å². The zero-order chi connectivity index (χ0) is 16.8. The third-order valence-corrected chi connectivity index (χ3v) is 3.15. The Balaban J connectivity index is 2.09. The van der Waals surface area contributed by atoms with Crippen molar-refractivity contribution in [3.05, 3.63) is 65.5 Å². The SMILES string of the molecule is CC(C)OC(=O)c1ccc(Cn2cccc2/C=C/C(=O)O)cc1. The summed E-state index contributed by atoms with van der Waals surface area (Å²) in [6, 6.07) is 10.9. The summed E-state index contributed by atoms with van der Waals surface area (Å²) in [5.41, 5.74) is 2.32. The fraction of sp³-hybridized carbons (Fsp3) is 0.222. The summed E-state index contributed by atoms with van der Waals surface area (Å²) >= 11 is 0. The first-order chi connectivity index (χ1) is 11.0. The van der Waals surface area contributed by atoms with Crippen LogP contribution in [0.25, 0.3) is 6.08 Å². The van der Waals surface area contributed by atoms with Gasteiger partial charge in [-0.3, -0.25) is 0 Å². The van der Waals surface area contributed by atoms with Crippen molar-refractivity contribution in [2.24, 2.45) is 0 Å². The van der Waals surface area contributed by atoms with E-state index in [1.807, 2.05) is 48.9 Å². The van der Waals surface area contributed by atoms with Gasteiger partial charge in [0.05, 0.1) is 11.7 Å². The summed E-state index contributed by atoms with van der Waals surface area (Å²) in [6.07, 6.45) is 4.39. The molecule has 5 nitrogen and oxygen atoms in total. The smallest absolute Gasteiger partial charge is 0.338 e. The molecule has 0 saturated carbocycles. The molecule has 1 heterocycles. The summed E-state index contributed by atoms with van der Waals surface area (Å²) in [5.74, 6) is -1.32. The first-order valence-electron chi connectivity index (χ1n) is 7.32. The van der Waals surface area contributed by atoms with Crippen molar-refractivity contribution in [3.8, 4) is 0 Å². The number of carbonyl (C=O) groups excluding carboxylic acids is 1. The number of carbonyl (C=O) groups is 2. The molecule has 0 aliphatic rings. The minimum Gasteiger partial charge on any atom is -0.478 e. The molecule has 5 heteroatoms. The predicted molar refractivity (Wildman–Crippen MR) is 87.2 cm³/mol. The average Bonchev–Trinajstić information content (AvgIpc) is 2.92. The Morgan fingerprint density at radius 1 is 1.22 bits per heavy atom. The molecule has 0 unspecified atom stereocenters. The minimum atomic E-state index is -0.981. The van der Waals surface area contributed by atoms with E-state index in [2.05, 4.69) is 0 Å². The number of benzene rings is 1. The lowest BCUT2D eigenvalue weighted by atomic mass is 10.1. The van der Waals surface area contributed by atoms with Gasteiger partial charge in [-0.15, -0.1) is 0 Å². The Morgan fingerprint density at radius 3 is 2.52 bits per heavy atom. The first kappa shape index (κ1) is 16.5. The molecule has 1 aromatic heterocycles. The molecule has 1 N–H and O–H groups in total. The second-order valence-corrected chi connectivity index (χ2v) is 5.38. The second kappa shape index (κ2) is 7.45. The van der Waals surface area contributed by atoms with Crippen molar-refractivity contribution in [1.29, 1.82) is 0 Å². The molecule has 0 bridgehead atoms. The van der Waals surface area contributed by atoms with Gasteiger partial charge < -0.3 is 14.4 Å². The number of esters is 1. The molecule has 0 aliphatic carbocycles. The fourth-order valence-electron chi connectivity index (χ4n) is 2.10. The molecule has 2 aromatic rings. The van der Waals surface area contributed by atoms with E-state index in [1.165, 1.54) is 0 Å². The highest BCUT2D eigenvalue weighted by Gasteiger charge is 2.09. The summed E-state index contributed by atoms with van der Waals surface area (Å²) in [4.78, 5) is 22.4. The van der Waals surface area contributed by atoms with Crippen LogP contribution in [0.2, 0.25) is 0 Å². The van der Waals surface area contributed by atoms with Gasteiger partial charge in [-0.2, -0.15) is 0 Å². The Morgan fingerprint density at radius 2 is 1.91 bits per heavy atom. The number of carboxylic acid groups (broad SMARTS) is 1. The van der Waals surface area contributed by atoms with Crippen molar-refractivity contribution < 1.29 is 19.4 Å². The molecular weight excluding hydrogens is 294 g/mol. The van der Waals surface area contributed by atoms with Crippen molar-refractivity contribution >= 4 is 18.0 Å². The van der Waals surface area contributed by atoms with Gasteiger partial charge in [0.2, 0.25) is 0 Å². The number of ether oxygens (including phenoxy) is 1. The van der Waals surface area contributed by atoms with Crippen LogP contribution in [0, 0.1) is 0 Å². The Bertz CT molecular complexity index is 711. The molecule has 120 valence electrons. The summed E-state index contributed by atoms with van der Waals surface area (Å²) in [5, 5.41) is 8.70. The molecule has 0 saturated heterocycles. The van der Waals surface area contributed by atoms with Gasteiger partial charge in [0, 0.05) is 24.5 Å². The van der Waals surface area contributed by atoms with Crippen molar-refractivity contribution in [1.82, 2.24) is 4.57 Å². The fourth-order valence-corrected chi connectivity index (χ4v) is 2.10. The quantitative estimate of drug-likeness (QED) is 0.657. The maximum Gasteiger partial charge on any atom is 0.338 e. The minimum absolute atomic E-state index is 0.148. The van der Waals surface area contributed by atoms with E-state index in [1.54, 1.807) is 18.2 Å². The summed E-state index contributed by atoms with van der Waals surface area (Å²) < 4.78 is 7.08. The molecule has 0 amide bonds. The monoisotopic (exact) mass is 313 g/mol. The Hall–Kier alpha value is -2.82. The third kappa shape index (κ3) is 4.85. The number of hydrogen-bond donors (Lipinski definition) is 1. The topological polar surface area (TPSA) is 68.5 Å². The number of aromatic nitrogens is 1. The van der Waals surface area contributed by atoms with Crippen LogP contribution < -0.4 is 0 Å².